The topological polar surface area (TPSA) is 95.9 Å². The average molecular weight is 321 g/mol. The molecular formula is C13H14F3NO5. The molecule has 0 radical (unpaired) electrons. The molecule has 1 aromatic rings. The summed E-state index contributed by atoms with van der Waals surface area (Å²) in [7, 11) is 0. The van der Waals surface area contributed by atoms with Crippen molar-refractivity contribution in [2.75, 3.05) is 6.61 Å². The van der Waals surface area contributed by atoms with Crippen LogP contribution in [0.5, 0.6) is 5.75 Å². The predicted molar refractivity (Wildman–Crippen MR) is 68.9 cm³/mol. The first-order valence-electron chi connectivity index (χ1n) is 6.13. The summed E-state index contributed by atoms with van der Waals surface area (Å²) in [5, 5.41) is 19.2. The van der Waals surface area contributed by atoms with Gasteiger partial charge in [-0.2, -0.15) is 13.2 Å². The highest BCUT2D eigenvalue weighted by molar-refractivity contribution is 5.88. The number of hydrogen-bond acceptors (Lipinski definition) is 4. The number of carboxylic acid groups (broad SMARTS) is 2. The molecule has 1 unspecified atom stereocenters. The van der Waals surface area contributed by atoms with Gasteiger partial charge in [0.1, 0.15) is 12.4 Å². The minimum Gasteiger partial charge on any atom is -0.492 e. The molecule has 0 amide bonds. The number of aliphatic carboxylic acids is 1. The predicted octanol–water partition coefficient (Wildman–Crippen LogP) is 1.89. The fraction of sp³-hybridized carbons (Fsp3) is 0.385. The number of rotatable bonds is 1. The molecule has 1 aliphatic heterocycles. The van der Waals surface area contributed by atoms with E-state index in [2.05, 4.69) is 5.32 Å². The van der Waals surface area contributed by atoms with Crippen LogP contribution in [-0.2, 0) is 11.3 Å². The fourth-order valence-electron chi connectivity index (χ4n) is 1.53. The van der Waals surface area contributed by atoms with Crippen molar-refractivity contribution >= 4 is 11.9 Å². The Morgan fingerprint density at radius 1 is 1.32 bits per heavy atom. The Hall–Kier alpha value is -2.29. The van der Waals surface area contributed by atoms with Crippen LogP contribution in [0, 0.1) is 0 Å². The smallest absolute Gasteiger partial charge is 0.490 e. The van der Waals surface area contributed by atoms with Gasteiger partial charge in [-0.25, -0.2) is 9.59 Å². The van der Waals surface area contributed by atoms with Gasteiger partial charge in [-0.05, 0) is 19.1 Å². The molecule has 0 spiro atoms. The first-order valence-corrected chi connectivity index (χ1v) is 6.13. The van der Waals surface area contributed by atoms with Crippen molar-refractivity contribution in [1.82, 2.24) is 5.32 Å². The second-order valence-electron chi connectivity index (χ2n) is 4.52. The van der Waals surface area contributed by atoms with E-state index in [0.717, 1.165) is 12.1 Å². The Labute approximate surface area is 123 Å². The molecule has 1 aromatic carbocycles. The van der Waals surface area contributed by atoms with E-state index in [1.54, 1.807) is 18.2 Å². The zero-order chi connectivity index (χ0) is 16.9. The van der Waals surface area contributed by atoms with Crippen molar-refractivity contribution in [1.29, 1.82) is 0 Å². The molecule has 6 nitrogen and oxygen atoms in total. The van der Waals surface area contributed by atoms with E-state index in [-0.39, 0.29) is 11.6 Å². The maximum Gasteiger partial charge on any atom is 0.490 e. The normalized spacial score (nSPS) is 17.2. The standard InChI is InChI=1S/C11H13NO3.C2HF3O2/c1-7-6-15-10-4-8(11(13)14)2-3-9(10)5-12-7;3-2(4,5)1(6)7/h2-4,7,12H,5-6H2,1H3,(H,13,14);(H,6,7). The molecule has 0 saturated carbocycles. The zero-order valence-electron chi connectivity index (χ0n) is 11.5. The Kier molecular flexibility index (Phi) is 5.75. The summed E-state index contributed by atoms with van der Waals surface area (Å²) in [6.45, 7) is 3.32. The summed E-state index contributed by atoms with van der Waals surface area (Å²) in [5.41, 5.74) is 1.27. The first kappa shape index (κ1) is 17.8. The fourth-order valence-corrected chi connectivity index (χ4v) is 1.53. The number of nitrogens with one attached hydrogen (secondary N) is 1. The van der Waals surface area contributed by atoms with E-state index in [1.807, 2.05) is 6.92 Å². The highest BCUT2D eigenvalue weighted by Gasteiger charge is 2.38. The van der Waals surface area contributed by atoms with Gasteiger partial charge in [-0.15, -0.1) is 0 Å². The van der Waals surface area contributed by atoms with Gasteiger partial charge in [0, 0.05) is 18.2 Å². The van der Waals surface area contributed by atoms with Crippen LogP contribution >= 0.6 is 0 Å². The minimum absolute atomic E-state index is 0.267. The first-order chi connectivity index (χ1) is 10.1. The van der Waals surface area contributed by atoms with Crippen LogP contribution in [0.1, 0.15) is 22.8 Å². The molecule has 2 rings (SSSR count). The lowest BCUT2D eigenvalue weighted by Crippen LogP contribution is -2.28. The molecule has 0 fully saturated rings. The van der Waals surface area contributed by atoms with E-state index in [9.17, 15) is 18.0 Å². The second-order valence-corrected chi connectivity index (χ2v) is 4.52. The maximum atomic E-state index is 10.8. The molecule has 1 heterocycles. The number of halogens is 3. The Bertz CT molecular complexity index is 559. The lowest BCUT2D eigenvalue weighted by atomic mass is 10.1. The summed E-state index contributed by atoms with van der Waals surface area (Å²) in [6, 6.07) is 5.26. The van der Waals surface area contributed by atoms with E-state index >= 15 is 0 Å². The van der Waals surface area contributed by atoms with Gasteiger partial charge < -0.3 is 20.3 Å². The number of aromatic carboxylic acids is 1. The Morgan fingerprint density at radius 3 is 2.41 bits per heavy atom. The van der Waals surface area contributed by atoms with Crippen LogP contribution in [-0.4, -0.2) is 41.0 Å². The maximum absolute atomic E-state index is 10.8. The van der Waals surface area contributed by atoms with Gasteiger partial charge >= 0.3 is 18.1 Å². The van der Waals surface area contributed by atoms with Crippen LogP contribution in [0.15, 0.2) is 18.2 Å². The summed E-state index contributed by atoms with van der Waals surface area (Å²) in [4.78, 5) is 19.7. The van der Waals surface area contributed by atoms with Crippen LogP contribution in [0.2, 0.25) is 0 Å². The van der Waals surface area contributed by atoms with Crippen LogP contribution in [0.3, 0.4) is 0 Å². The van der Waals surface area contributed by atoms with Crippen LogP contribution in [0.4, 0.5) is 13.2 Å². The Balaban J connectivity index is 0.000000295. The SMILES string of the molecule is CC1COc2cc(C(=O)O)ccc2CN1.O=C(O)C(F)(F)F. The molecule has 0 aromatic heterocycles. The third kappa shape index (κ3) is 5.24. The molecule has 9 heteroatoms. The largest absolute Gasteiger partial charge is 0.492 e. The van der Waals surface area contributed by atoms with E-state index in [1.165, 1.54) is 0 Å². The second kappa shape index (κ2) is 7.12. The van der Waals surface area contributed by atoms with Gasteiger partial charge in [0.15, 0.2) is 0 Å². The van der Waals surface area contributed by atoms with E-state index < -0.39 is 18.1 Å². The molecule has 22 heavy (non-hydrogen) atoms. The quantitative estimate of drug-likeness (QED) is 0.731. The lowest BCUT2D eigenvalue weighted by Gasteiger charge is -2.08. The third-order valence-electron chi connectivity index (χ3n) is 2.69. The lowest BCUT2D eigenvalue weighted by molar-refractivity contribution is -0.192. The highest BCUT2D eigenvalue weighted by Crippen LogP contribution is 2.22. The number of fused-ring (bicyclic) bond motifs is 1. The summed E-state index contributed by atoms with van der Waals surface area (Å²) in [5.74, 6) is -3.01. The highest BCUT2D eigenvalue weighted by atomic mass is 19.4. The minimum atomic E-state index is -5.08. The summed E-state index contributed by atoms with van der Waals surface area (Å²) >= 11 is 0. The number of alkyl halides is 3. The number of benzene rings is 1. The van der Waals surface area contributed by atoms with Gasteiger partial charge in [0.25, 0.3) is 0 Å². The van der Waals surface area contributed by atoms with Gasteiger partial charge in [-0.3, -0.25) is 0 Å². The van der Waals surface area contributed by atoms with E-state index in [4.69, 9.17) is 19.7 Å². The van der Waals surface area contributed by atoms with Crippen LogP contribution < -0.4 is 10.1 Å². The Morgan fingerprint density at radius 2 is 1.91 bits per heavy atom. The van der Waals surface area contributed by atoms with Crippen molar-refractivity contribution in [2.45, 2.75) is 25.7 Å². The van der Waals surface area contributed by atoms with E-state index in [0.29, 0.717) is 12.4 Å². The molecule has 0 saturated heterocycles. The van der Waals surface area contributed by atoms with Gasteiger partial charge in [0.2, 0.25) is 0 Å². The van der Waals surface area contributed by atoms with Crippen molar-refractivity contribution in [3.8, 4) is 5.75 Å². The molecule has 0 bridgehead atoms. The molecule has 3 N–H and O–H groups in total. The third-order valence-corrected chi connectivity index (χ3v) is 2.69. The molecule has 1 aliphatic rings. The summed E-state index contributed by atoms with van der Waals surface area (Å²) < 4.78 is 37.3. The van der Waals surface area contributed by atoms with Crippen molar-refractivity contribution < 1.29 is 37.7 Å². The number of carbonyl (C=O) groups is 2. The zero-order valence-corrected chi connectivity index (χ0v) is 11.5. The van der Waals surface area contributed by atoms with Crippen molar-refractivity contribution in [2.24, 2.45) is 0 Å². The average Bonchev–Trinajstić information content (AvgIpc) is 2.60. The monoisotopic (exact) mass is 321 g/mol. The molecule has 0 aliphatic carbocycles. The van der Waals surface area contributed by atoms with Crippen molar-refractivity contribution in [3.63, 3.8) is 0 Å². The van der Waals surface area contributed by atoms with Gasteiger partial charge in [0.05, 0.1) is 5.56 Å². The van der Waals surface area contributed by atoms with Crippen molar-refractivity contribution in [3.05, 3.63) is 29.3 Å². The van der Waals surface area contributed by atoms with Gasteiger partial charge in [-0.1, -0.05) is 6.07 Å². The molecule has 1 atom stereocenters. The molecule has 122 valence electrons. The molecular weight excluding hydrogens is 307 g/mol. The van der Waals surface area contributed by atoms with Crippen LogP contribution in [0.25, 0.3) is 0 Å². The summed E-state index contributed by atoms with van der Waals surface area (Å²) in [6.07, 6.45) is -5.08. The number of ether oxygens (including phenoxy) is 1. The number of carboxylic acids is 2. The number of hydrogen-bond donors (Lipinski definition) is 3.